The maximum Gasteiger partial charge on any atom is 0.301 e. The Labute approximate surface area is 204 Å². The van der Waals surface area contributed by atoms with E-state index in [-0.39, 0.29) is 21.1 Å². The molecule has 0 atom stereocenters. The standard InChI is InChI=1S/C17H10Cl2N8O8/c18-12-4-10(8-20)6-14(24(28)29)16(12)22(26(32)33)2-1-3-23(27(34)35)17-13(19)5-11(9-21)7-15(17)25(30)31/h4-7H,1-3H2. The molecule has 0 aliphatic rings. The molecule has 35 heavy (non-hydrogen) atoms. The Morgan fingerprint density at radius 2 is 1.06 bits per heavy atom. The largest absolute Gasteiger partial charge is 0.301 e. The van der Waals surface area contributed by atoms with Crippen LogP contribution in [0.5, 0.6) is 0 Å². The molecule has 0 amide bonds. The van der Waals surface area contributed by atoms with Gasteiger partial charge in [-0.15, -0.1) is 0 Å². The summed E-state index contributed by atoms with van der Waals surface area (Å²) in [5.41, 5.74) is -3.45. The summed E-state index contributed by atoms with van der Waals surface area (Å²) < 4.78 is 0. The molecule has 0 radical (unpaired) electrons. The Morgan fingerprint density at radius 1 is 0.714 bits per heavy atom. The van der Waals surface area contributed by atoms with Gasteiger partial charge in [-0.05, 0) is 18.6 Å². The zero-order valence-electron chi connectivity index (χ0n) is 17.0. The quantitative estimate of drug-likeness (QED) is 0.320. The summed E-state index contributed by atoms with van der Waals surface area (Å²) in [5, 5.41) is 61.5. The molecule has 0 aromatic heterocycles. The number of rotatable bonds is 10. The molecule has 0 saturated carbocycles. The van der Waals surface area contributed by atoms with Gasteiger partial charge in [0, 0.05) is 12.1 Å². The van der Waals surface area contributed by atoms with Crippen LogP contribution in [0.4, 0.5) is 22.7 Å². The normalized spacial score (nSPS) is 10.1. The fraction of sp³-hybridized carbons (Fsp3) is 0.176. The number of hydrogen-bond donors (Lipinski definition) is 0. The predicted octanol–water partition coefficient (Wildman–Crippen LogP) is 3.64. The highest BCUT2D eigenvalue weighted by atomic mass is 35.5. The molecule has 0 spiro atoms. The van der Waals surface area contributed by atoms with Gasteiger partial charge in [-0.25, -0.2) is 20.2 Å². The second-order valence-electron chi connectivity index (χ2n) is 6.46. The summed E-state index contributed by atoms with van der Waals surface area (Å²) >= 11 is 11.9. The SMILES string of the molecule is N#Cc1cc(Cl)c(N(CCCN(c2c(Cl)cc(C#N)cc2[N+](=O)[O-])[N+](=O)[O-])[N+](=O)[O-])c([N+](=O)[O-])c1. The second-order valence-corrected chi connectivity index (χ2v) is 7.28. The lowest BCUT2D eigenvalue weighted by atomic mass is 10.1. The number of nitriles is 2. The van der Waals surface area contributed by atoms with Gasteiger partial charge in [-0.1, -0.05) is 33.2 Å². The number of nitro groups is 4. The van der Waals surface area contributed by atoms with Crippen LogP contribution >= 0.6 is 23.2 Å². The highest BCUT2D eigenvalue weighted by Gasteiger charge is 2.34. The number of hydrazine groups is 2. The van der Waals surface area contributed by atoms with Crippen LogP contribution in [0, 0.1) is 63.1 Å². The number of anilines is 2. The molecule has 0 saturated heterocycles. The van der Waals surface area contributed by atoms with Gasteiger partial charge in [0.1, 0.15) is 0 Å². The van der Waals surface area contributed by atoms with Gasteiger partial charge in [0.15, 0.2) is 10.1 Å². The van der Waals surface area contributed by atoms with E-state index < -0.39 is 72.2 Å². The van der Waals surface area contributed by atoms with E-state index in [1.54, 1.807) is 12.1 Å². The molecule has 0 fully saturated rings. The molecule has 180 valence electrons. The first-order valence-electron chi connectivity index (χ1n) is 9.02. The van der Waals surface area contributed by atoms with Crippen molar-refractivity contribution in [1.82, 2.24) is 0 Å². The lowest BCUT2D eigenvalue weighted by molar-refractivity contribution is -0.500. The maximum absolute atomic E-state index is 11.6. The van der Waals surface area contributed by atoms with Crippen molar-refractivity contribution in [2.24, 2.45) is 0 Å². The number of benzene rings is 2. The van der Waals surface area contributed by atoms with Crippen molar-refractivity contribution in [2.45, 2.75) is 6.42 Å². The van der Waals surface area contributed by atoms with Crippen LogP contribution in [0.3, 0.4) is 0 Å². The van der Waals surface area contributed by atoms with Crippen LogP contribution < -0.4 is 10.0 Å². The molecule has 0 unspecified atom stereocenters. The van der Waals surface area contributed by atoms with E-state index in [9.17, 15) is 40.5 Å². The van der Waals surface area contributed by atoms with E-state index in [0.29, 0.717) is 0 Å². The average Bonchev–Trinajstić information content (AvgIpc) is 2.78. The molecule has 0 bridgehead atoms. The van der Waals surface area contributed by atoms with E-state index in [2.05, 4.69) is 0 Å². The summed E-state index contributed by atoms with van der Waals surface area (Å²) in [5.74, 6) is 0. The zero-order valence-corrected chi connectivity index (χ0v) is 18.5. The minimum Gasteiger partial charge on any atom is -0.258 e. The van der Waals surface area contributed by atoms with Crippen LogP contribution in [0.25, 0.3) is 0 Å². The number of halogens is 2. The third-order valence-electron chi connectivity index (χ3n) is 4.39. The Balaban J connectivity index is 2.43. The van der Waals surface area contributed by atoms with E-state index in [1.807, 2.05) is 0 Å². The molecule has 18 heteroatoms. The third-order valence-corrected chi connectivity index (χ3v) is 4.96. The van der Waals surface area contributed by atoms with Crippen molar-refractivity contribution in [2.75, 3.05) is 23.1 Å². The van der Waals surface area contributed by atoms with Gasteiger partial charge in [0.2, 0.25) is 11.4 Å². The molecule has 2 rings (SSSR count). The van der Waals surface area contributed by atoms with Crippen LogP contribution in [0.2, 0.25) is 10.0 Å². The highest BCUT2D eigenvalue weighted by Crippen LogP contribution is 2.38. The average molecular weight is 525 g/mol. The summed E-state index contributed by atoms with van der Waals surface area (Å²) in [7, 11) is 0. The fourth-order valence-corrected chi connectivity index (χ4v) is 3.63. The van der Waals surface area contributed by atoms with Gasteiger partial charge in [0.25, 0.3) is 0 Å². The topological polar surface area (TPSA) is 227 Å². The Morgan fingerprint density at radius 3 is 1.31 bits per heavy atom. The molecular weight excluding hydrogens is 515 g/mol. The molecular formula is C17H10Cl2N8O8. The van der Waals surface area contributed by atoms with Gasteiger partial charge < -0.3 is 0 Å². The van der Waals surface area contributed by atoms with Crippen molar-refractivity contribution in [1.29, 1.82) is 10.5 Å². The molecule has 0 heterocycles. The summed E-state index contributed by atoms with van der Waals surface area (Å²) in [6.07, 6.45) is -0.428. The van der Waals surface area contributed by atoms with E-state index >= 15 is 0 Å². The minimum absolute atomic E-state index is 0.226. The van der Waals surface area contributed by atoms with E-state index in [1.165, 1.54) is 0 Å². The van der Waals surface area contributed by atoms with Gasteiger partial charge >= 0.3 is 11.4 Å². The monoisotopic (exact) mass is 524 g/mol. The Bertz CT molecular complexity index is 1220. The summed E-state index contributed by atoms with van der Waals surface area (Å²) in [6, 6.07) is 6.77. The second kappa shape index (κ2) is 10.9. The van der Waals surface area contributed by atoms with Gasteiger partial charge in [-0.3, -0.25) is 20.2 Å². The van der Waals surface area contributed by atoms with Crippen molar-refractivity contribution in [3.63, 3.8) is 0 Å². The van der Waals surface area contributed by atoms with Gasteiger partial charge in [0.05, 0.1) is 56.2 Å². The van der Waals surface area contributed by atoms with Crippen LogP contribution in [-0.2, 0) is 0 Å². The first-order valence-corrected chi connectivity index (χ1v) is 9.78. The van der Waals surface area contributed by atoms with Crippen LogP contribution in [0.15, 0.2) is 24.3 Å². The van der Waals surface area contributed by atoms with Crippen molar-refractivity contribution < 1.29 is 19.9 Å². The first kappa shape index (κ1) is 26.5. The van der Waals surface area contributed by atoms with Crippen molar-refractivity contribution in [3.8, 4) is 12.1 Å². The maximum atomic E-state index is 11.6. The van der Waals surface area contributed by atoms with E-state index in [0.717, 1.165) is 24.3 Å². The lowest BCUT2D eigenvalue weighted by Gasteiger charge is -2.18. The number of nitro benzene ring substituents is 2. The van der Waals surface area contributed by atoms with Crippen LogP contribution in [0.1, 0.15) is 17.5 Å². The van der Waals surface area contributed by atoms with Crippen molar-refractivity contribution >= 4 is 46.0 Å². The fourth-order valence-electron chi connectivity index (χ4n) is 3.01. The number of nitrogens with zero attached hydrogens (tertiary/aromatic N) is 8. The van der Waals surface area contributed by atoms with Crippen LogP contribution in [-0.4, -0.2) is 33.0 Å². The third kappa shape index (κ3) is 5.77. The molecule has 2 aromatic carbocycles. The summed E-state index contributed by atoms with van der Waals surface area (Å²) in [6.45, 7) is -1.32. The Kier molecular flexibility index (Phi) is 8.22. The predicted molar refractivity (Wildman–Crippen MR) is 119 cm³/mol. The minimum atomic E-state index is -1.03. The molecule has 2 aromatic rings. The molecule has 0 aliphatic carbocycles. The molecule has 0 N–H and O–H groups in total. The smallest absolute Gasteiger partial charge is 0.258 e. The molecule has 0 aliphatic heterocycles. The highest BCUT2D eigenvalue weighted by molar-refractivity contribution is 6.34. The zero-order chi connectivity index (χ0) is 26.4. The van der Waals surface area contributed by atoms with E-state index in [4.69, 9.17) is 33.7 Å². The van der Waals surface area contributed by atoms with Crippen molar-refractivity contribution in [3.05, 3.63) is 85.9 Å². The summed E-state index contributed by atoms with van der Waals surface area (Å²) in [4.78, 5) is 44.1. The molecule has 16 nitrogen and oxygen atoms in total. The first-order chi connectivity index (χ1) is 16.4. The number of hydrogen-bond acceptors (Lipinski definition) is 10. The van der Waals surface area contributed by atoms with Gasteiger partial charge in [-0.2, -0.15) is 10.5 Å². The lowest BCUT2D eigenvalue weighted by Crippen LogP contribution is -2.37. The Hall–Kier alpha value is -4.80.